The number of carbonyl (C=O) groups excluding carboxylic acids is 1. The van der Waals surface area contributed by atoms with E-state index in [-0.39, 0.29) is 0 Å². The van der Waals surface area contributed by atoms with Crippen molar-refractivity contribution in [2.24, 2.45) is 17.8 Å². The molecule has 0 spiro atoms. The van der Waals surface area contributed by atoms with Crippen molar-refractivity contribution in [1.29, 1.82) is 0 Å². The molecule has 0 N–H and O–H groups in total. The van der Waals surface area contributed by atoms with Gasteiger partial charge in [-0.3, -0.25) is 0 Å². The third-order valence-corrected chi connectivity index (χ3v) is 3.07. The zero-order valence-electron chi connectivity index (χ0n) is 6.25. The van der Waals surface area contributed by atoms with Crippen molar-refractivity contribution in [2.45, 2.75) is 32.1 Å². The van der Waals surface area contributed by atoms with E-state index < -0.39 is 0 Å². The van der Waals surface area contributed by atoms with Gasteiger partial charge in [0.05, 0.1) is 0 Å². The smallest absolute Gasteiger partial charge is 0.123 e. The van der Waals surface area contributed by atoms with Gasteiger partial charge in [0.2, 0.25) is 0 Å². The molecule has 0 aliphatic heterocycles. The van der Waals surface area contributed by atoms with Crippen LogP contribution in [-0.2, 0) is 4.79 Å². The lowest BCUT2D eigenvalue weighted by Gasteiger charge is -2.04. The van der Waals surface area contributed by atoms with E-state index in [1.165, 1.54) is 32.1 Å². The molecule has 2 aliphatic rings. The molecule has 0 saturated heterocycles. The van der Waals surface area contributed by atoms with Gasteiger partial charge >= 0.3 is 0 Å². The van der Waals surface area contributed by atoms with Crippen LogP contribution in [0.1, 0.15) is 32.1 Å². The van der Waals surface area contributed by atoms with Crippen LogP contribution in [0.15, 0.2) is 0 Å². The van der Waals surface area contributed by atoms with Crippen LogP contribution in [0.4, 0.5) is 0 Å². The molecule has 0 aromatic rings. The fourth-order valence-corrected chi connectivity index (χ4v) is 2.32. The molecule has 2 fully saturated rings. The second-order valence-electron chi connectivity index (χ2n) is 3.74. The summed E-state index contributed by atoms with van der Waals surface area (Å²) in [6.07, 6.45) is 7.97. The van der Waals surface area contributed by atoms with Crippen LogP contribution in [-0.4, -0.2) is 6.29 Å². The first-order valence-corrected chi connectivity index (χ1v) is 4.37. The monoisotopic (exact) mass is 138 g/mol. The minimum atomic E-state index is 0.461. The zero-order valence-corrected chi connectivity index (χ0v) is 6.25. The molecular formula is C9H14O. The summed E-state index contributed by atoms with van der Waals surface area (Å²) in [6.45, 7) is 0. The summed E-state index contributed by atoms with van der Waals surface area (Å²) in [7, 11) is 0. The summed E-state index contributed by atoms with van der Waals surface area (Å²) in [4.78, 5) is 10.3. The summed E-state index contributed by atoms with van der Waals surface area (Å²) < 4.78 is 0. The van der Waals surface area contributed by atoms with Crippen LogP contribution in [0.25, 0.3) is 0 Å². The Bertz CT molecular complexity index is 136. The van der Waals surface area contributed by atoms with Crippen LogP contribution in [0.5, 0.6) is 0 Å². The van der Waals surface area contributed by atoms with E-state index >= 15 is 0 Å². The zero-order chi connectivity index (χ0) is 6.97. The molecule has 0 aromatic carbocycles. The molecule has 56 valence electrons. The lowest BCUT2D eigenvalue weighted by molar-refractivity contribution is -0.109. The van der Waals surface area contributed by atoms with Crippen molar-refractivity contribution in [1.82, 2.24) is 0 Å². The van der Waals surface area contributed by atoms with Gasteiger partial charge in [0, 0.05) is 5.92 Å². The first-order chi connectivity index (χ1) is 4.92. The van der Waals surface area contributed by atoms with Gasteiger partial charge in [-0.1, -0.05) is 25.7 Å². The highest BCUT2D eigenvalue weighted by molar-refractivity contribution is 5.58. The third kappa shape index (κ3) is 0.979. The molecule has 0 aromatic heterocycles. The average molecular weight is 138 g/mol. The van der Waals surface area contributed by atoms with Crippen LogP contribution < -0.4 is 0 Å². The molecule has 1 heteroatoms. The average Bonchev–Trinajstić information content (AvgIpc) is 2.56. The van der Waals surface area contributed by atoms with Gasteiger partial charge in [-0.2, -0.15) is 0 Å². The molecule has 1 nitrogen and oxygen atoms in total. The lowest BCUT2D eigenvalue weighted by atomic mass is 10.0. The van der Waals surface area contributed by atoms with Gasteiger partial charge < -0.3 is 4.79 Å². The molecule has 0 amide bonds. The Hall–Kier alpha value is -0.330. The minimum absolute atomic E-state index is 0.461. The van der Waals surface area contributed by atoms with Gasteiger partial charge in [-0.05, 0) is 18.3 Å². The molecule has 0 heterocycles. The Morgan fingerprint density at radius 2 is 1.90 bits per heavy atom. The fourth-order valence-electron chi connectivity index (χ4n) is 2.32. The Labute approximate surface area is 61.8 Å². The standard InChI is InChI=1S/C9H14O/c10-6-8-5-9(8)7-3-1-2-4-7/h6-9H,1-5H2. The molecular weight excluding hydrogens is 124 g/mol. The highest BCUT2D eigenvalue weighted by atomic mass is 16.1. The number of hydrogen-bond donors (Lipinski definition) is 0. The van der Waals surface area contributed by atoms with Crippen LogP contribution in [0.2, 0.25) is 0 Å². The number of rotatable bonds is 2. The van der Waals surface area contributed by atoms with E-state index in [0.717, 1.165) is 18.1 Å². The molecule has 2 atom stereocenters. The number of aldehydes is 1. The topological polar surface area (TPSA) is 17.1 Å². The van der Waals surface area contributed by atoms with Crippen LogP contribution in [0.3, 0.4) is 0 Å². The summed E-state index contributed by atoms with van der Waals surface area (Å²) >= 11 is 0. The Morgan fingerprint density at radius 3 is 2.40 bits per heavy atom. The van der Waals surface area contributed by atoms with Gasteiger partial charge in [-0.15, -0.1) is 0 Å². The van der Waals surface area contributed by atoms with Gasteiger partial charge in [0.15, 0.2) is 0 Å². The highest BCUT2D eigenvalue weighted by Gasteiger charge is 2.43. The maximum absolute atomic E-state index is 10.3. The maximum Gasteiger partial charge on any atom is 0.123 e. The Balaban J connectivity index is 1.84. The van der Waals surface area contributed by atoms with Crippen molar-refractivity contribution in [3.05, 3.63) is 0 Å². The van der Waals surface area contributed by atoms with E-state index in [2.05, 4.69) is 0 Å². The molecule has 0 radical (unpaired) electrons. The number of carbonyl (C=O) groups is 1. The molecule has 2 rings (SSSR count). The predicted octanol–water partition coefficient (Wildman–Crippen LogP) is 2.01. The van der Waals surface area contributed by atoms with Crippen molar-refractivity contribution in [3.63, 3.8) is 0 Å². The van der Waals surface area contributed by atoms with Gasteiger partial charge in [-0.25, -0.2) is 0 Å². The molecule has 2 saturated carbocycles. The molecule has 0 bridgehead atoms. The van der Waals surface area contributed by atoms with Crippen molar-refractivity contribution in [2.75, 3.05) is 0 Å². The first kappa shape index (κ1) is 6.38. The van der Waals surface area contributed by atoms with Gasteiger partial charge in [0.1, 0.15) is 6.29 Å². The SMILES string of the molecule is O=CC1CC1C1CCCC1. The predicted molar refractivity (Wildman–Crippen MR) is 39.6 cm³/mol. The van der Waals surface area contributed by atoms with E-state index in [9.17, 15) is 4.79 Å². The van der Waals surface area contributed by atoms with Crippen molar-refractivity contribution < 1.29 is 4.79 Å². The van der Waals surface area contributed by atoms with E-state index in [0.29, 0.717) is 5.92 Å². The highest BCUT2D eigenvalue weighted by Crippen LogP contribution is 2.48. The lowest BCUT2D eigenvalue weighted by Crippen LogP contribution is -1.98. The normalized spacial score (nSPS) is 40.0. The van der Waals surface area contributed by atoms with Crippen molar-refractivity contribution >= 4 is 6.29 Å². The minimum Gasteiger partial charge on any atom is -0.303 e. The largest absolute Gasteiger partial charge is 0.303 e. The second kappa shape index (κ2) is 2.37. The van der Waals surface area contributed by atoms with E-state index in [1.54, 1.807) is 0 Å². The first-order valence-electron chi connectivity index (χ1n) is 4.37. The summed E-state index contributed by atoms with van der Waals surface area (Å²) in [5, 5.41) is 0. The second-order valence-corrected chi connectivity index (χ2v) is 3.74. The molecule has 2 unspecified atom stereocenters. The summed E-state index contributed by atoms with van der Waals surface area (Å²) in [5.41, 5.74) is 0. The Kier molecular flexibility index (Phi) is 1.51. The van der Waals surface area contributed by atoms with Crippen molar-refractivity contribution in [3.8, 4) is 0 Å². The van der Waals surface area contributed by atoms with Crippen LogP contribution >= 0.6 is 0 Å². The summed E-state index contributed by atoms with van der Waals surface area (Å²) in [6, 6.07) is 0. The van der Waals surface area contributed by atoms with Crippen LogP contribution in [0, 0.1) is 17.8 Å². The third-order valence-electron chi connectivity index (χ3n) is 3.07. The van der Waals surface area contributed by atoms with E-state index in [4.69, 9.17) is 0 Å². The molecule has 10 heavy (non-hydrogen) atoms. The maximum atomic E-state index is 10.3. The number of hydrogen-bond acceptors (Lipinski definition) is 1. The Morgan fingerprint density at radius 1 is 1.20 bits per heavy atom. The fraction of sp³-hybridized carbons (Fsp3) is 0.889. The van der Waals surface area contributed by atoms with Gasteiger partial charge in [0.25, 0.3) is 0 Å². The summed E-state index contributed by atoms with van der Waals surface area (Å²) in [5.74, 6) is 2.19. The molecule has 2 aliphatic carbocycles. The quantitative estimate of drug-likeness (QED) is 0.533. The van der Waals surface area contributed by atoms with E-state index in [1.807, 2.05) is 0 Å².